The first-order valence-corrected chi connectivity index (χ1v) is 10.9. The van der Waals surface area contributed by atoms with Crippen LogP contribution in [0.2, 0.25) is 0 Å². The lowest BCUT2D eigenvalue weighted by Gasteiger charge is -2.51. The van der Waals surface area contributed by atoms with Crippen LogP contribution in [-0.4, -0.2) is 125 Å². The van der Waals surface area contributed by atoms with Gasteiger partial charge in [0.05, 0.1) is 13.2 Å². The van der Waals surface area contributed by atoms with Crippen molar-refractivity contribution in [2.24, 2.45) is 0 Å². The topological polar surface area (TPSA) is 218 Å². The van der Waals surface area contributed by atoms with Crippen molar-refractivity contribution in [3.63, 3.8) is 0 Å². The van der Waals surface area contributed by atoms with Gasteiger partial charge in [0.25, 0.3) is 5.79 Å². The number of carbonyl (C=O) groups is 1. The summed E-state index contributed by atoms with van der Waals surface area (Å²) < 4.78 is 10.2. The lowest BCUT2D eigenvalue weighted by Crippen LogP contribution is -2.75. The first-order valence-electron chi connectivity index (χ1n) is 10.9. The zero-order valence-corrected chi connectivity index (χ0v) is 18.0. The fourth-order valence-electron chi connectivity index (χ4n) is 4.14. The Morgan fingerprint density at radius 2 is 1.59 bits per heavy atom. The van der Waals surface area contributed by atoms with Crippen LogP contribution >= 0.6 is 0 Å². The van der Waals surface area contributed by atoms with Crippen LogP contribution in [0.15, 0.2) is 0 Å². The van der Waals surface area contributed by atoms with Crippen LogP contribution in [0.25, 0.3) is 0 Å². The normalized spacial score (nSPS) is 43.8. The maximum absolute atomic E-state index is 12.6. The first kappa shape index (κ1) is 27.5. The molecule has 2 rings (SSSR count). The van der Waals surface area contributed by atoms with Crippen LogP contribution in [0.5, 0.6) is 0 Å². The van der Waals surface area contributed by atoms with Crippen molar-refractivity contribution in [3.8, 4) is 0 Å². The Balaban J connectivity index is 2.19. The lowest BCUT2D eigenvalue weighted by atomic mass is 9.77. The second kappa shape index (κ2) is 11.1. The Labute approximate surface area is 185 Å². The summed E-state index contributed by atoms with van der Waals surface area (Å²) in [5.74, 6) is -3.98. The van der Waals surface area contributed by atoms with Crippen molar-refractivity contribution in [1.82, 2.24) is 0 Å². The first-order chi connectivity index (χ1) is 15.0. The summed E-state index contributed by atoms with van der Waals surface area (Å²) in [7, 11) is 0. The maximum Gasteiger partial charge on any atom is 0.256 e. The summed E-state index contributed by atoms with van der Waals surface area (Å²) in [5, 5.41) is 92.4. The van der Waals surface area contributed by atoms with Gasteiger partial charge in [-0.05, 0) is 6.42 Å². The van der Waals surface area contributed by atoms with Gasteiger partial charge in [0, 0.05) is 6.42 Å². The highest BCUT2D eigenvalue weighted by Gasteiger charge is 2.63. The summed E-state index contributed by atoms with van der Waals surface area (Å²) in [6.07, 6.45) is -12.3. The highest BCUT2D eigenvalue weighted by atomic mass is 16.7. The van der Waals surface area contributed by atoms with E-state index in [0.717, 1.165) is 19.3 Å². The fraction of sp³-hybridized carbons (Fsp3) is 0.950. The molecule has 0 spiro atoms. The number of rotatable bonds is 10. The molecule has 9 N–H and O–H groups in total. The summed E-state index contributed by atoms with van der Waals surface area (Å²) >= 11 is 0. The standard InChI is InChI=1S/C20H36O12/c1-2-3-4-5-6-7-11(22)20(30)17(27)14(25)13(24)15(32-20)18(28)19(29)9-31-10(8-21)12(23)16(19)26/h10,12-18,21,23-30H,2-9H2,1H3/t10-,12-,13+,14+,15+,16+,17-,18?,19-,20+/m1/s1. The van der Waals surface area contributed by atoms with E-state index >= 15 is 0 Å². The molecule has 0 saturated carbocycles. The average Bonchev–Trinajstić information content (AvgIpc) is 2.78. The van der Waals surface area contributed by atoms with Crippen molar-refractivity contribution < 1.29 is 60.2 Å². The van der Waals surface area contributed by atoms with Gasteiger partial charge in [-0.15, -0.1) is 0 Å². The molecule has 1 unspecified atom stereocenters. The highest BCUT2D eigenvalue weighted by molar-refractivity contribution is 5.86. The molecule has 0 amide bonds. The number of Topliss-reactive ketones (excluding diaryl/α,β-unsaturated/α-hetero) is 1. The predicted octanol–water partition coefficient (Wildman–Crippen LogP) is -3.71. The van der Waals surface area contributed by atoms with Gasteiger partial charge in [-0.25, -0.2) is 0 Å². The molecular formula is C20H36O12. The largest absolute Gasteiger partial charge is 0.394 e. The van der Waals surface area contributed by atoms with Gasteiger partial charge in [0.15, 0.2) is 5.78 Å². The number of carbonyl (C=O) groups excluding carboxylic acids is 1. The van der Waals surface area contributed by atoms with E-state index in [-0.39, 0.29) is 6.42 Å². The molecule has 0 aromatic rings. The molecule has 10 atom stereocenters. The number of ether oxygens (including phenoxy) is 2. The molecular weight excluding hydrogens is 432 g/mol. The van der Waals surface area contributed by atoms with Crippen LogP contribution in [0.1, 0.15) is 45.4 Å². The Kier molecular flexibility index (Phi) is 9.53. The van der Waals surface area contributed by atoms with E-state index in [9.17, 15) is 45.6 Å². The Morgan fingerprint density at radius 1 is 0.969 bits per heavy atom. The molecule has 12 heteroatoms. The Bertz CT molecular complexity index is 619. The zero-order valence-electron chi connectivity index (χ0n) is 18.0. The van der Waals surface area contributed by atoms with Gasteiger partial charge in [-0.2, -0.15) is 0 Å². The molecule has 2 aliphatic rings. The third kappa shape index (κ3) is 5.15. The van der Waals surface area contributed by atoms with E-state index < -0.39 is 79.2 Å². The van der Waals surface area contributed by atoms with Crippen molar-refractivity contribution in [1.29, 1.82) is 0 Å². The van der Waals surface area contributed by atoms with E-state index in [0.29, 0.717) is 12.8 Å². The number of aliphatic hydroxyl groups is 9. The van der Waals surface area contributed by atoms with Crippen molar-refractivity contribution in [2.75, 3.05) is 13.2 Å². The fourth-order valence-corrected chi connectivity index (χ4v) is 4.14. The van der Waals surface area contributed by atoms with Gasteiger partial charge in [0.1, 0.15) is 54.4 Å². The monoisotopic (exact) mass is 468 g/mol. The quantitative estimate of drug-likeness (QED) is 0.141. The second-order valence-electron chi connectivity index (χ2n) is 8.70. The average molecular weight is 468 g/mol. The summed E-state index contributed by atoms with van der Waals surface area (Å²) in [6, 6.07) is 0. The van der Waals surface area contributed by atoms with Gasteiger partial charge in [-0.3, -0.25) is 4.79 Å². The molecule has 32 heavy (non-hydrogen) atoms. The number of aliphatic hydroxyl groups excluding tert-OH is 7. The summed E-state index contributed by atoms with van der Waals surface area (Å²) in [6.45, 7) is 0.514. The zero-order chi connectivity index (χ0) is 24.3. The predicted molar refractivity (Wildman–Crippen MR) is 106 cm³/mol. The van der Waals surface area contributed by atoms with E-state index in [1.54, 1.807) is 0 Å². The van der Waals surface area contributed by atoms with Crippen molar-refractivity contribution in [3.05, 3.63) is 0 Å². The maximum atomic E-state index is 12.6. The van der Waals surface area contributed by atoms with Crippen molar-refractivity contribution >= 4 is 5.78 Å². The number of hydrogen-bond acceptors (Lipinski definition) is 12. The molecule has 0 aromatic carbocycles. The molecule has 2 saturated heterocycles. The Morgan fingerprint density at radius 3 is 2.19 bits per heavy atom. The molecule has 0 aromatic heterocycles. The third-order valence-corrected chi connectivity index (χ3v) is 6.38. The van der Waals surface area contributed by atoms with Gasteiger partial charge < -0.3 is 55.4 Å². The van der Waals surface area contributed by atoms with Crippen LogP contribution in [-0.2, 0) is 14.3 Å². The van der Waals surface area contributed by atoms with Gasteiger partial charge >= 0.3 is 0 Å². The third-order valence-electron chi connectivity index (χ3n) is 6.38. The highest BCUT2D eigenvalue weighted by Crippen LogP contribution is 2.37. The minimum absolute atomic E-state index is 0.212. The molecule has 2 heterocycles. The number of hydrogen-bond donors (Lipinski definition) is 9. The van der Waals surface area contributed by atoms with Crippen molar-refractivity contribution in [2.45, 2.75) is 106 Å². The molecule has 0 bridgehead atoms. The van der Waals surface area contributed by atoms with Crippen LogP contribution in [0.4, 0.5) is 0 Å². The lowest BCUT2D eigenvalue weighted by molar-refractivity contribution is -0.359. The van der Waals surface area contributed by atoms with Crippen LogP contribution < -0.4 is 0 Å². The van der Waals surface area contributed by atoms with Crippen LogP contribution in [0, 0.1) is 0 Å². The molecule has 0 radical (unpaired) electrons. The number of unbranched alkanes of at least 4 members (excludes halogenated alkanes) is 4. The second-order valence-corrected chi connectivity index (χ2v) is 8.70. The van der Waals surface area contributed by atoms with E-state index in [1.165, 1.54) is 0 Å². The summed E-state index contributed by atoms with van der Waals surface area (Å²) in [4.78, 5) is 12.6. The molecule has 188 valence electrons. The van der Waals surface area contributed by atoms with E-state index in [1.807, 2.05) is 6.92 Å². The minimum atomic E-state index is -2.99. The Hall–Kier alpha value is -0.770. The SMILES string of the molecule is CCCCCCCC(=O)[C@]1(O)O[C@H](C(O)[C@@]2(O)CO[C@H](CO)[C@@H](O)[C@@H]2O)[C@@H](O)[C@H](O)[C@H]1O. The minimum Gasteiger partial charge on any atom is -0.394 e. The molecule has 0 aliphatic carbocycles. The summed E-state index contributed by atoms with van der Waals surface area (Å²) in [5.41, 5.74) is -2.66. The molecule has 2 fully saturated rings. The van der Waals surface area contributed by atoms with E-state index in [4.69, 9.17) is 14.6 Å². The van der Waals surface area contributed by atoms with E-state index in [2.05, 4.69) is 0 Å². The smallest absolute Gasteiger partial charge is 0.256 e. The number of ketones is 1. The molecule has 12 nitrogen and oxygen atoms in total. The van der Waals surface area contributed by atoms with Crippen LogP contribution in [0.3, 0.4) is 0 Å². The van der Waals surface area contributed by atoms with Gasteiger partial charge in [0.2, 0.25) is 0 Å². The van der Waals surface area contributed by atoms with Gasteiger partial charge in [-0.1, -0.05) is 32.6 Å². The molecule has 2 aliphatic heterocycles.